The SMILES string of the molecule is COc1ccc(-c2nnc(SCC(=O)OC3CCCCC3)n2C)cc1OC. The number of carbonyl (C=O) groups excluding carboxylic acids is 1. The molecule has 0 spiro atoms. The summed E-state index contributed by atoms with van der Waals surface area (Å²) in [7, 11) is 5.07. The highest BCUT2D eigenvalue weighted by atomic mass is 32.2. The van der Waals surface area contributed by atoms with Gasteiger partial charge in [-0.2, -0.15) is 0 Å². The summed E-state index contributed by atoms with van der Waals surface area (Å²) >= 11 is 1.34. The van der Waals surface area contributed by atoms with Crippen LogP contribution in [0.3, 0.4) is 0 Å². The molecule has 1 aromatic carbocycles. The Morgan fingerprint density at radius 2 is 1.89 bits per heavy atom. The fraction of sp³-hybridized carbons (Fsp3) is 0.526. The van der Waals surface area contributed by atoms with Crippen LogP contribution in [0.2, 0.25) is 0 Å². The molecule has 0 saturated heterocycles. The van der Waals surface area contributed by atoms with Gasteiger partial charge in [-0.15, -0.1) is 10.2 Å². The molecule has 0 atom stereocenters. The molecule has 1 heterocycles. The number of aromatic nitrogens is 3. The van der Waals surface area contributed by atoms with E-state index in [9.17, 15) is 4.79 Å². The fourth-order valence-electron chi connectivity index (χ4n) is 3.19. The number of benzene rings is 1. The third kappa shape index (κ3) is 4.74. The lowest BCUT2D eigenvalue weighted by Gasteiger charge is -2.21. The molecule has 0 amide bonds. The Morgan fingerprint density at radius 3 is 2.59 bits per heavy atom. The van der Waals surface area contributed by atoms with Gasteiger partial charge < -0.3 is 18.8 Å². The van der Waals surface area contributed by atoms with E-state index < -0.39 is 0 Å². The van der Waals surface area contributed by atoms with Crippen molar-refractivity contribution in [1.82, 2.24) is 14.8 Å². The third-order valence-electron chi connectivity index (χ3n) is 4.65. The molecule has 2 aromatic rings. The topological polar surface area (TPSA) is 75.5 Å². The second-order valence-electron chi connectivity index (χ2n) is 6.47. The Morgan fingerprint density at radius 1 is 1.15 bits per heavy atom. The van der Waals surface area contributed by atoms with Crippen molar-refractivity contribution >= 4 is 17.7 Å². The summed E-state index contributed by atoms with van der Waals surface area (Å²) in [5, 5.41) is 9.13. The van der Waals surface area contributed by atoms with Crippen molar-refractivity contribution < 1.29 is 19.0 Å². The zero-order valence-electron chi connectivity index (χ0n) is 15.9. The molecule has 1 aliphatic carbocycles. The van der Waals surface area contributed by atoms with E-state index in [1.165, 1.54) is 18.2 Å². The van der Waals surface area contributed by atoms with Crippen LogP contribution in [0.4, 0.5) is 0 Å². The van der Waals surface area contributed by atoms with E-state index >= 15 is 0 Å². The highest BCUT2D eigenvalue weighted by Gasteiger charge is 2.19. The van der Waals surface area contributed by atoms with E-state index in [1.54, 1.807) is 14.2 Å². The monoisotopic (exact) mass is 391 g/mol. The molecule has 1 fully saturated rings. The first-order chi connectivity index (χ1) is 13.1. The van der Waals surface area contributed by atoms with Gasteiger partial charge in [0.1, 0.15) is 6.10 Å². The average Bonchev–Trinajstić information content (AvgIpc) is 3.07. The second kappa shape index (κ2) is 9.12. The molecule has 0 N–H and O–H groups in total. The maximum absolute atomic E-state index is 12.1. The minimum Gasteiger partial charge on any atom is -0.493 e. The summed E-state index contributed by atoms with van der Waals surface area (Å²) in [5.74, 6) is 2.02. The molecule has 0 aliphatic heterocycles. The van der Waals surface area contributed by atoms with E-state index in [4.69, 9.17) is 14.2 Å². The Labute approximate surface area is 163 Å². The molecule has 3 rings (SSSR count). The number of carbonyl (C=O) groups is 1. The second-order valence-corrected chi connectivity index (χ2v) is 7.42. The number of thioether (sulfide) groups is 1. The number of esters is 1. The molecule has 0 radical (unpaired) electrons. The zero-order valence-corrected chi connectivity index (χ0v) is 16.8. The van der Waals surface area contributed by atoms with Crippen LogP contribution >= 0.6 is 11.8 Å². The summed E-state index contributed by atoms with van der Waals surface area (Å²) < 4.78 is 18.0. The average molecular weight is 391 g/mol. The molecule has 7 nitrogen and oxygen atoms in total. The van der Waals surface area contributed by atoms with Gasteiger partial charge in [0.05, 0.1) is 20.0 Å². The van der Waals surface area contributed by atoms with Crippen LogP contribution in [0.5, 0.6) is 11.5 Å². The Kier molecular flexibility index (Phi) is 6.60. The van der Waals surface area contributed by atoms with Crippen molar-refractivity contribution in [2.75, 3.05) is 20.0 Å². The van der Waals surface area contributed by atoms with Gasteiger partial charge in [0.2, 0.25) is 0 Å². The largest absolute Gasteiger partial charge is 0.493 e. The standard InChI is InChI=1S/C19H25N3O4S/c1-22-18(13-9-10-15(24-2)16(11-13)25-3)20-21-19(22)27-12-17(23)26-14-7-5-4-6-8-14/h9-11,14H,4-8,12H2,1-3H3. The summed E-state index contributed by atoms with van der Waals surface area (Å²) in [5.41, 5.74) is 0.860. The van der Waals surface area contributed by atoms with Gasteiger partial charge in [0, 0.05) is 12.6 Å². The van der Waals surface area contributed by atoms with Crippen LogP contribution in [-0.2, 0) is 16.6 Å². The first kappa shape index (κ1) is 19.5. The molecule has 0 bridgehead atoms. The highest BCUT2D eigenvalue weighted by Crippen LogP contribution is 2.32. The van der Waals surface area contributed by atoms with E-state index in [0.717, 1.165) is 31.2 Å². The van der Waals surface area contributed by atoms with Crippen molar-refractivity contribution in [3.63, 3.8) is 0 Å². The summed E-state index contributed by atoms with van der Waals surface area (Å²) in [6.07, 6.45) is 5.55. The summed E-state index contributed by atoms with van der Waals surface area (Å²) in [6, 6.07) is 5.59. The predicted molar refractivity (Wildman–Crippen MR) is 103 cm³/mol. The van der Waals surface area contributed by atoms with Gasteiger partial charge in [0.15, 0.2) is 22.5 Å². The molecule has 0 unspecified atom stereocenters. The minimum absolute atomic E-state index is 0.0775. The quantitative estimate of drug-likeness (QED) is 0.528. The lowest BCUT2D eigenvalue weighted by Crippen LogP contribution is -2.22. The first-order valence-electron chi connectivity index (χ1n) is 9.06. The molecule has 1 saturated carbocycles. The van der Waals surface area contributed by atoms with Gasteiger partial charge >= 0.3 is 5.97 Å². The molecule has 146 valence electrons. The van der Waals surface area contributed by atoms with Crippen LogP contribution in [-0.4, -0.2) is 46.8 Å². The normalized spacial score (nSPS) is 14.8. The molecule has 1 aliphatic rings. The number of hydrogen-bond donors (Lipinski definition) is 0. The van der Waals surface area contributed by atoms with Crippen LogP contribution in [0, 0.1) is 0 Å². The maximum Gasteiger partial charge on any atom is 0.316 e. The van der Waals surface area contributed by atoms with Crippen LogP contribution < -0.4 is 9.47 Å². The number of ether oxygens (including phenoxy) is 3. The smallest absolute Gasteiger partial charge is 0.316 e. The first-order valence-corrected chi connectivity index (χ1v) is 10.0. The summed E-state index contributed by atoms with van der Waals surface area (Å²) in [6.45, 7) is 0. The van der Waals surface area contributed by atoms with Gasteiger partial charge in [-0.25, -0.2) is 0 Å². The molecule has 1 aromatic heterocycles. The molecule has 8 heteroatoms. The number of hydrogen-bond acceptors (Lipinski definition) is 7. The Balaban J connectivity index is 1.64. The van der Waals surface area contributed by atoms with Crippen LogP contribution in [0.25, 0.3) is 11.4 Å². The van der Waals surface area contributed by atoms with Gasteiger partial charge in [-0.1, -0.05) is 18.2 Å². The van der Waals surface area contributed by atoms with Gasteiger partial charge in [-0.3, -0.25) is 4.79 Å². The van der Waals surface area contributed by atoms with Crippen LogP contribution in [0.15, 0.2) is 23.4 Å². The summed E-state index contributed by atoms with van der Waals surface area (Å²) in [4.78, 5) is 12.1. The molecular weight excluding hydrogens is 366 g/mol. The predicted octanol–water partition coefficient (Wildman–Crippen LogP) is 3.47. The number of methoxy groups -OCH3 is 2. The highest BCUT2D eigenvalue weighted by molar-refractivity contribution is 7.99. The van der Waals surface area contributed by atoms with Crippen molar-refractivity contribution in [3.05, 3.63) is 18.2 Å². The van der Waals surface area contributed by atoms with Crippen molar-refractivity contribution in [3.8, 4) is 22.9 Å². The van der Waals surface area contributed by atoms with E-state index in [0.29, 0.717) is 22.5 Å². The van der Waals surface area contributed by atoms with Crippen LogP contribution in [0.1, 0.15) is 32.1 Å². The van der Waals surface area contributed by atoms with E-state index in [1.807, 2.05) is 29.8 Å². The van der Waals surface area contributed by atoms with Gasteiger partial charge in [-0.05, 0) is 43.9 Å². The van der Waals surface area contributed by atoms with E-state index in [2.05, 4.69) is 10.2 Å². The van der Waals surface area contributed by atoms with Crippen molar-refractivity contribution in [2.45, 2.75) is 43.4 Å². The van der Waals surface area contributed by atoms with Crippen molar-refractivity contribution in [1.29, 1.82) is 0 Å². The molecule has 27 heavy (non-hydrogen) atoms. The lowest BCUT2D eigenvalue weighted by atomic mass is 9.98. The molecular formula is C19H25N3O4S. The third-order valence-corrected chi connectivity index (χ3v) is 5.64. The minimum atomic E-state index is -0.192. The lowest BCUT2D eigenvalue weighted by molar-refractivity contribution is -0.147. The van der Waals surface area contributed by atoms with Crippen molar-refractivity contribution in [2.24, 2.45) is 7.05 Å². The zero-order chi connectivity index (χ0) is 19.2. The Hall–Kier alpha value is -2.22. The van der Waals surface area contributed by atoms with E-state index in [-0.39, 0.29) is 17.8 Å². The Bertz CT molecular complexity index is 787. The number of nitrogens with zero attached hydrogens (tertiary/aromatic N) is 3. The number of rotatable bonds is 7. The van der Waals surface area contributed by atoms with Gasteiger partial charge in [0.25, 0.3) is 0 Å². The maximum atomic E-state index is 12.1. The fourth-order valence-corrected chi connectivity index (χ4v) is 3.89.